The lowest BCUT2D eigenvalue weighted by atomic mass is 10.1. The quantitative estimate of drug-likeness (QED) is 0.848. The Morgan fingerprint density at radius 1 is 1.33 bits per heavy atom. The highest BCUT2D eigenvalue weighted by atomic mass is 32.2. The van der Waals surface area contributed by atoms with E-state index in [0.717, 1.165) is 21.2 Å². The zero-order chi connectivity index (χ0) is 17.5. The van der Waals surface area contributed by atoms with E-state index in [1.807, 2.05) is 45.0 Å². The fraction of sp³-hybridized carbons (Fsp3) is 0.353. The fourth-order valence-electron chi connectivity index (χ4n) is 2.60. The van der Waals surface area contributed by atoms with Gasteiger partial charge in [0.2, 0.25) is 0 Å². The molecule has 0 bridgehead atoms. The lowest BCUT2D eigenvalue weighted by molar-refractivity contribution is -0.128. The number of rotatable bonds is 3. The van der Waals surface area contributed by atoms with Gasteiger partial charge >= 0.3 is 0 Å². The number of benzene rings is 1. The zero-order valence-corrected chi connectivity index (χ0v) is 15.7. The summed E-state index contributed by atoms with van der Waals surface area (Å²) in [4.78, 5) is 33.8. The molecule has 2 amide bonds. The van der Waals surface area contributed by atoms with Crippen LogP contribution in [-0.2, 0) is 9.59 Å². The Bertz CT molecular complexity index is 798. The number of hydrogen-bond donors (Lipinski definition) is 1. The normalized spacial score (nSPS) is 20.0. The zero-order valence-electron chi connectivity index (χ0n) is 14.0. The van der Waals surface area contributed by atoms with E-state index in [0.29, 0.717) is 11.7 Å². The van der Waals surface area contributed by atoms with E-state index in [1.54, 1.807) is 11.8 Å². The van der Waals surface area contributed by atoms with Gasteiger partial charge in [0.05, 0.1) is 11.4 Å². The van der Waals surface area contributed by atoms with Crippen LogP contribution in [0.5, 0.6) is 0 Å². The number of fused-ring (bicyclic) bond motifs is 1. The monoisotopic (exact) mass is 361 g/mol. The number of aryl methyl sites for hydroxylation is 2. The van der Waals surface area contributed by atoms with Crippen molar-refractivity contribution in [1.82, 2.24) is 4.98 Å². The first-order chi connectivity index (χ1) is 11.4. The van der Waals surface area contributed by atoms with Crippen LogP contribution in [-0.4, -0.2) is 28.1 Å². The van der Waals surface area contributed by atoms with E-state index in [4.69, 9.17) is 0 Å². The molecule has 0 saturated carbocycles. The summed E-state index contributed by atoms with van der Waals surface area (Å²) in [6, 6.07) is 7.67. The summed E-state index contributed by atoms with van der Waals surface area (Å²) in [7, 11) is 0. The SMILES string of the molecule is CCN1C(=O)C(C)(C(=O)Nc2nc(C)c(C)s2)Sc2ccccc21. The summed E-state index contributed by atoms with van der Waals surface area (Å²) in [6.07, 6.45) is 0. The van der Waals surface area contributed by atoms with Gasteiger partial charge in [0.15, 0.2) is 9.88 Å². The van der Waals surface area contributed by atoms with Crippen LogP contribution < -0.4 is 10.2 Å². The van der Waals surface area contributed by atoms with Crippen LogP contribution in [0.1, 0.15) is 24.4 Å². The van der Waals surface area contributed by atoms with Gasteiger partial charge < -0.3 is 10.2 Å². The molecule has 1 aliphatic rings. The minimum Gasteiger partial charge on any atom is -0.310 e. The maximum Gasteiger partial charge on any atom is 0.252 e. The molecule has 1 unspecified atom stereocenters. The Hall–Kier alpha value is -1.86. The van der Waals surface area contributed by atoms with Crippen LogP contribution in [0.4, 0.5) is 10.8 Å². The number of anilines is 2. The standard InChI is InChI=1S/C17H19N3O2S2/c1-5-20-12-8-6-7-9-13(12)24-17(4,15(20)22)14(21)19-16-18-10(2)11(3)23-16/h6-9H,5H2,1-4H3,(H,18,19,21). The van der Waals surface area contributed by atoms with Crippen LogP contribution in [0.25, 0.3) is 0 Å². The minimum absolute atomic E-state index is 0.198. The molecule has 0 fully saturated rings. The van der Waals surface area contributed by atoms with Gasteiger partial charge in [-0.05, 0) is 39.8 Å². The largest absolute Gasteiger partial charge is 0.310 e. The van der Waals surface area contributed by atoms with E-state index >= 15 is 0 Å². The van der Waals surface area contributed by atoms with Crippen LogP contribution in [0.15, 0.2) is 29.2 Å². The number of para-hydroxylation sites is 1. The molecule has 0 saturated heterocycles. The third-order valence-corrected chi connectivity index (χ3v) is 6.44. The highest BCUT2D eigenvalue weighted by Crippen LogP contribution is 2.45. The molecular formula is C17H19N3O2S2. The van der Waals surface area contributed by atoms with E-state index in [1.165, 1.54) is 23.1 Å². The number of nitrogens with zero attached hydrogens (tertiary/aromatic N) is 2. The van der Waals surface area contributed by atoms with Crippen molar-refractivity contribution in [3.05, 3.63) is 34.8 Å². The van der Waals surface area contributed by atoms with E-state index in [2.05, 4.69) is 10.3 Å². The smallest absolute Gasteiger partial charge is 0.252 e. The molecule has 2 heterocycles. The minimum atomic E-state index is -1.21. The Morgan fingerprint density at radius 2 is 2.04 bits per heavy atom. The number of nitrogens with one attached hydrogen (secondary N) is 1. The van der Waals surface area contributed by atoms with Gasteiger partial charge in [0, 0.05) is 16.3 Å². The highest BCUT2D eigenvalue weighted by molar-refractivity contribution is 8.02. The van der Waals surface area contributed by atoms with Crippen LogP contribution in [0, 0.1) is 13.8 Å². The summed E-state index contributed by atoms with van der Waals surface area (Å²) in [5.74, 6) is -0.532. The molecule has 24 heavy (non-hydrogen) atoms. The van der Waals surface area contributed by atoms with Gasteiger partial charge in [-0.3, -0.25) is 9.59 Å². The molecule has 1 atom stereocenters. The highest BCUT2D eigenvalue weighted by Gasteiger charge is 2.49. The van der Waals surface area contributed by atoms with Gasteiger partial charge in [-0.25, -0.2) is 4.98 Å². The Morgan fingerprint density at radius 3 is 2.67 bits per heavy atom. The number of thiazole rings is 1. The number of aromatic nitrogens is 1. The summed E-state index contributed by atoms with van der Waals surface area (Å²) in [6.45, 7) is 7.98. The number of carbonyl (C=O) groups is 2. The summed E-state index contributed by atoms with van der Waals surface area (Å²) >= 11 is 2.72. The average Bonchev–Trinajstić information content (AvgIpc) is 2.86. The summed E-state index contributed by atoms with van der Waals surface area (Å²) in [5.41, 5.74) is 1.75. The molecule has 0 aliphatic carbocycles. The number of amides is 2. The predicted molar refractivity (Wildman–Crippen MR) is 98.9 cm³/mol. The molecule has 2 aromatic rings. The average molecular weight is 361 g/mol. The van der Waals surface area contributed by atoms with Gasteiger partial charge in [0.25, 0.3) is 11.8 Å². The van der Waals surface area contributed by atoms with Crippen molar-refractivity contribution in [2.75, 3.05) is 16.8 Å². The van der Waals surface area contributed by atoms with E-state index in [9.17, 15) is 9.59 Å². The molecule has 7 heteroatoms. The van der Waals surface area contributed by atoms with E-state index < -0.39 is 4.75 Å². The lowest BCUT2D eigenvalue weighted by Crippen LogP contribution is -2.54. The second-order valence-corrected chi connectivity index (χ2v) is 8.43. The number of carbonyl (C=O) groups excluding carboxylic acids is 2. The molecule has 1 aromatic carbocycles. The van der Waals surface area contributed by atoms with Crippen molar-refractivity contribution >= 4 is 45.7 Å². The predicted octanol–water partition coefficient (Wildman–Crippen LogP) is 3.62. The third-order valence-electron chi connectivity index (χ3n) is 4.12. The van der Waals surface area contributed by atoms with Crippen LogP contribution in [0.3, 0.4) is 0 Å². The summed E-state index contributed by atoms with van der Waals surface area (Å²) < 4.78 is -1.21. The van der Waals surface area contributed by atoms with Crippen molar-refractivity contribution in [3.8, 4) is 0 Å². The van der Waals surface area contributed by atoms with Crippen molar-refractivity contribution in [2.24, 2.45) is 0 Å². The molecule has 126 valence electrons. The molecule has 0 spiro atoms. The van der Waals surface area contributed by atoms with Crippen molar-refractivity contribution in [1.29, 1.82) is 0 Å². The first-order valence-electron chi connectivity index (χ1n) is 7.72. The first kappa shape index (κ1) is 17.0. The Labute approximate surface area is 149 Å². The van der Waals surface area contributed by atoms with Crippen LogP contribution in [0.2, 0.25) is 0 Å². The topological polar surface area (TPSA) is 62.3 Å². The van der Waals surface area contributed by atoms with E-state index in [-0.39, 0.29) is 11.8 Å². The Kier molecular flexibility index (Phi) is 4.40. The first-order valence-corrected chi connectivity index (χ1v) is 9.35. The molecule has 1 aliphatic heterocycles. The molecule has 1 aromatic heterocycles. The maximum atomic E-state index is 13.0. The second kappa shape index (κ2) is 6.22. The van der Waals surface area contributed by atoms with Crippen molar-refractivity contribution in [3.63, 3.8) is 0 Å². The van der Waals surface area contributed by atoms with Crippen LogP contribution >= 0.6 is 23.1 Å². The van der Waals surface area contributed by atoms with Gasteiger partial charge in [0.1, 0.15) is 0 Å². The maximum absolute atomic E-state index is 13.0. The number of thioether (sulfide) groups is 1. The third kappa shape index (κ3) is 2.71. The number of hydrogen-bond acceptors (Lipinski definition) is 5. The molecule has 0 radical (unpaired) electrons. The van der Waals surface area contributed by atoms with Gasteiger partial charge in [-0.15, -0.1) is 11.3 Å². The molecule has 5 nitrogen and oxygen atoms in total. The Balaban J connectivity index is 1.94. The molecular weight excluding hydrogens is 342 g/mol. The lowest BCUT2D eigenvalue weighted by Gasteiger charge is -2.38. The molecule has 3 rings (SSSR count). The molecule has 1 N–H and O–H groups in total. The second-order valence-electron chi connectivity index (χ2n) is 5.77. The van der Waals surface area contributed by atoms with Gasteiger partial charge in [-0.2, -0.15) is 0 Å². The van der Waals surface area contributed by atoms with Crippen molar-refractivity contribution in [2.45, 2.75) is 37.3 Å². The van der Waals surface area contributed by atoms with Gasteiger partial charge in [-0.1, -0.05) is 23.9 Å². The van der Waals surface area contributed by atoms with Crippen molar-refractivity contribution < 1.29 is 9.59 Å². The fourth-order valence-corrected chi connectivity index (χ4v) is 4.62. The summed E-state index contributed by atoms with van der Waals surface area (Å²) in [5, 5.41) is 3.35.